The predicted octanol–water partition coefficient (Wildman–Crippen LogP) is 2.02. The fraction of sp³-hybridized carbons (Fsp3) is 0.696. The number of rotatable bonds is 10. The number of anilines is 1. The monoisotopic (exact) mass is 449 g/mol. The normalized spacial score (nSPS) is 23.2. The number of aliphatic hydroxyl groups is 1. The molecule has 2 aliphatic heterocycles. The van der Waals surface area contributed by atoms with Crippen LogP contribution in [0.4, 0.5) is 5.82 Å². The first-order chi connectivity index (χ1) is 15.4. The third kappa shape index (κ3) is 6.63. The number of esters is 1. The third-order valence-electron chi connectivity index (χ3n) is 6.05. The molecule has 0 spiro atoms. The first-order valence-electron chi connectivity index (χ1n) is 11.5. The average molecular weight is 450 g/mol. The van der Waals surface area contributed by atoms with E-state index in [-0.39, 0.29) is 32.0 Å². The van der Waals surface area contributed by atoms with Crippen LogP contribution in [0.15, 0.2) is 12.1 Å². The van der Waals surface area contributed by atoms with Crippen LogP contribution < -0.4 is 5.32 Å². The quantitative estimate of drug-likeness (QED) is 0.409. The van der Waals surface area contributed by atoms with Crippen LogP contribution in [0.2, 0.25) is 0 Å². The van der Waals surface area contributed by atoms with Gasteiger partial charge in [0.05, 0.1) is 19.6 Å². The number of hydrogen-bond donors (Lipinski definition) is 2. The van der Waals surface area contributed by atoms with Crippen molar-refractivity contribution in [2.45, 2.75) is 70.0 Å². The van der Waals surface area contributed by atoms with Gasteiger partial charge in [-0.2, -0.15) is 0 Å². The molecule has 2 atom stereocenters. The van der Waals surface area contributed by atoms with E-state index in [4.69, 9.17) is 14.3 Å². The average Bonchev–Trinajstić information content (AvgIpc) is 2.78. The molecule has 2 aliphatic rings. The van der Waals surface area contributed by atoms with Crippen LogP contribution in [-0.2, 0) is 36.7 Å². The van der Waals surface area contributed by atoms with Crippen LogP contribution in [0.25, 0.3) is 0 Å². The Labute approximate surface area is 189 Å². The number of pyridine rings is 1. The zero-order valence-electron chi connectivity index (χ0n) is 19.1. The molecule has 1 aromatic heterocycles. The van der Waals surface area contributed by atoms with E-state index in [1.54, 1.807) is 6.92 Å². The molecule has 0 aromatic carbocycles. The number of nitrogens with one attached hydrogen (secondary N) is 1. The molecule has 1 fully saturated rings. The van der Waals surface area contributed by atoms with Gasteiger partial charge in [-0.3, -0.25) is 9.59 Å². The Morgan fingerprint density at radius 1 is 1.31 bits per heavy atom. The molecule has 3 heterocycles. The van der Waals surface area contributed by atoms with Gasteiger partial charge < -0.3 is 24.7 Å². The Bertz CT molecular complexity index is 789. The maximum absolute atomic E-state index is 12.3. The Morgan fingerprint density at radius 2 is 2.16 bits per heavy atom. The van der Waals surface area contributed by atoms with Crippen molar-refractivity contribution in [2.24, 2.45) is 0 Å². The maximum Gasteiger partial charge on any atom is 0.325 e. The topological polar surface area (TPSA) is 110 Å². The predicted molar refractivity (Wildman–Crippen MR) is 118 cm³/mol. The second-order valence-corrected chi connectivity index (χ2v) is 8.46. The second kappa shape index (κ2) is 11.6. The number of carbonyl (C=O) groups excluding carboxylic acids is 2. The summed E-state index contributed by atoms with van der Waals surface area (Å²) >= 11 is 0. The summed E-state index contributed by atoms with van der Waals surface area (Å²) in [6.07, 6.45) is 4.34. The molecule has 2 unspecified atom stereocenters. The summed E-state index contributed by atoms with van der Waals surface area (Å²) in [6.45, 7) is 3.47. The maximum atomic E-state index is 12.3. The number of hydrogen-bond acceptors (Lipinski definition) is 9. The van der Waals surface area contributed by atoms with Crippen molar-refractivity contribution in [3.05, 3.63) is 23.4 Å². The standard InChI is InChI=1S/C23H35N3O6/c1-3-31-21(28)15-23(29)12-14-26(16-19(23)30-2)32-20(27)9-5-4-8-18-11-10-17-7-6-13-24-22(17)25-18/h10-11,19,29H,3-9,12-16H2,1-2H3,(H,24,25). The highest BCUT2D eigenvalue weighted by molar-refractivity contribution is 5.71. The van der Waals surface area contributed by atoms with Gasteiger partial charge in [0.1, 0.15) is 17.5 Å². The zero-order valence-corrected chi connectivity index (χ0v) is 19.1. The van der Waals surface area contributed by atoms with E-state index < -0.39 is 17.7 Å². The van der Waals surface area contributed by atoms with Gasteiger partial charge in [0.15, 0.2) is 0 Å². The number of carbonyl (C=O) groups is 2. The molecule has 1 aromatic rings. The number of aryl methyl sites for hydroxylation is 2. The summed E-state index contributed by atoms with van der Waals surface area (Å²) in [4.78, 5) is 34.2. The molecule has 9 nitrogen and oxygen atoms in total. The van der Waals surface area contributed by atoms with Gasteiger partial charge in [-0.1, -0.05) is 6.07 Å². The highest BCUT2D eigenvalue weighted by atomic mass is 16.7. The highest BCUT2D eigenvalue weighted by Gasteiger charge is 2.45. The number of fused-ring (bicyclic) bond motifs is 1. The van der Waals surface area contributed by atoms with E-state index in [9.17, 15) is 14.7 Å². The van der Waals surface area contributed by atoms with E-state index in [0.717, 1.165) is 43.7 Å². The van der Waals surface area contributed by atoms with Gasteiger partial charge >= 0.3 is 11.9 Å². The van der Waals surface area contributed by atoms with Crippen molar-refractivity contribution in [1.29, 1.82) is 0 Å². The van der Waals surface area contributed by atoms with Crippen LogP contribution in [0.1, 0.15) is 56.7 Å². The lowest BCUT2D eigenvalue weighted by Crippen LogP contribution is -2.57. The molecular formula is C23H35N3O6. The summed E-state index contributed by atoms with van der Waals surface area (Å²) in [7, 11) is 1.47. The highest BCUT2D eigenvalue weighted by Crippen LogP contribution is 2.29. The minimum atomic E-state index is -1.33. The molecule has 0 aliphatic carbocycles. The summed E-state index contributed by atoms with van der Waals surface area (Å²) in [5.41, 5.74) is 0.973. The molecule has 2 N–H and O–H groups in total. The fourth-order valence-corrected chi connectivity index (χ4v) is 4.24. The lowest BCUT2D eigenvalue weighted by atomic mass is 9.86. The minimum Gasteiger partial charge on any atom is -0.466 e. The smallest absolute Gasteiger partial charge is 0.325 e. The van der Waals surface area contributed by atoms with Gasteiger partial charge in [0.2, 0.25) is 0 Å². The van der Waals surface area contributed by atoms with Crippen molar-refractivity contribution in [1.82, 2.24) is 10.0 Å². The van der Waals surface area contributed by atoms with Gasteiger partial charge in [0.25, 0.3) is 0 Å². The van der Waals surface area contributed by atoms with Crippen LogP contribution in [0.3, 0.4) is 0 Å². The minimum absolute atomic E-state index is 0.145. The summed E-state index contributed by atoms with van der Waals surface area (Å²) < 4.78 is 10.3. The first kappa shape index (κ1) is 24.4. The van der Waals surface area contributed by atoms with Gasteiger partial charge in [-0.05, 0) is 57.1 Å². The van der Waals surface area contributed by atoms with E-state index in [1.807, 2.05) is 0 Å². The van der Waals surface area contributed by atoms with Gasteiger partial charge in [-0.15, -0.1) is 5.06 Å². The first-order valence-corrected chi connectivity index (χ1v) is 11.5. The Hall–Kier alpha value is -2.23. The Balaban J connectivity index is 1.38. The van der Waals surface area contributed by atoms with Gasteiger partial charge in [-0.25, -0.2) is 4.98 Å². The fourth-order valence-electron chi connectivity index (χ4n) is 4.24. The van der Waals surface area contributed by atoms with E-state index in [1.165, 1.54) is 17.7 Å². The zero-order chi connectivity index (χ0) is 23.0. The second-order valence-electron chi connectivity index (χ2n) is 8.46. The number of nitrogens with zero attached hydrogens (tertiary/aromatic N) is 2. The van der Waals surface area contributed by atoms with Crippen LogP contribution in [0, 0.1) is 0 Å². The molecule has 178 valence electrons. The molecule has 0 bridgehead atoms. The molecule has 32 heavy (non-hydrogen) atoms. The molecule has 1 saturated heterocycles. The summed E-state index contributed by atoms with van der Waals surface area (Å²) in [6, 6.07) is 4.21. The van der Waals surface area contributed by atoms with Crippen LogP contribution >= 0.6 is 0 Å². The number of unbranched alkanes of at least 4 members (excludes halogenated alkanes) is 1. The number of piperidine rings is 1. The van der Waals surface area contributed by atoms with Crippen molar-refractivity contribution in [3.63, 3.8) is 0 Å². The van der Waals surface area contributed by atoms with E-state index in [2.05, 4.69) is 22.4 Å². The van der Waals surface area contributed by atoms with Crippen molar-refractivity contribution in [2.75, 3.05) is 38.7 Å². The lowest BCUT2D eigenvalue weighted by molar-refractivity contribution is -0.232. The van der Waals surface area contributed by atoms with Crippen LogP contribution in [0.5, 0.6) is 0 Å². The molecular weight excluding hydrogens is 414 g/mol. The number of aromatic nitrogens is 1. The van der Waals surface area contributed by atoms with Crippen molar-refractivity contribution >= 4 is 17.8 Å². The SMILES string of the molecule is CCOC(=O)CC1(O)CCN(OC(=O)CCCCc2ccc3c(n2)NCCC3)CC1OC. The number of methoxy groups -OCH3 is 1. The van der Waals surface area contributed by atoms with Crippen molar-refractivity contribution < 1.29 is 29.0 Å². The van der Waals surface area contributed by atoms with Crippen molar-refractivity contribution in [3.8, 4) is 0 Å². The molecule has 0 saturated carbocycles. The summed E-state index contributed by atoms with van der Waals surface area (Å²) in [5, 5.41) is 15.7. The molecule has 3 rings (SSSR count). The Kier molecular flexibility index (Phi) is 8.84. The van der Waals surface area contributed by atoms with E-state index >= 15 is 0 Å². The molecule has 0 amide bonds. The van der Waals surface area contributed by atoms with Crippen LogP contribution in [-0.4, -0.2) is 72.1 Å². The lowest BCUT2D eigenvalue weighted by Gasteiger charge is -2.42. The largest absolute Gasteiger partial charge is 0.466 e. The van der Waals surface area contributed by atoms with E-state index in [0.29, 0.717) is 19.4 Å². The molecule has 0 radical (unpaired) electrons. The Morgan fingerprint density at radius 3 is 2.94 bits per heavy atom. The third-order valence-corrected chi connectivity index (χ3v) is 6.05. The molecule has 9 heteroatoms. The number of ether oxygens (including phenoxy) is 2. The number of hydroxylamine groups is 2. The summed E-state index contributed by atoms with van der Waals surface area (Å²) in [5.74, 6) is 0.219. The van der Waals surface area contributed by atoms with Gasteiger partial charge in [0, 0.05) is 32.3 Å².